The first kappa shape index (κ1) is 37.1. The summed E-state index contributed by atoms with van der Waals surface area (Å²) in [4.78, 5) is 0. The summed E-state index contributed by atoms with van der Waals surface area (Å²) in [6.07, 6.45) is 0. The van der Waals surface area contributed by atoms with Crippen molar-refractivity contribution in [2.45, 2.75) is 13.8 Å². The highest BCUT2D eigenvalue weighted by Crippen LogP contribution is 2.10. The second kappa shape index (κ2) is 22.6. The summed E-state index contributed by atoms with van der Waals surface area (Å²) in [6.45, 7) is 3.93. The minimum absolute atomic E-state index is 0.0370. The molecule has 6 aromatic carbocycles. The van der Waals surface area contributed by atoms with E-state index in [9.17, 15) is 4.39 Å². The van der Waals surface area contributed by atoms with Gasteiger partial charge >= 0.3 is 0 Å². The summed E-state index contributed by atoms with van der Waals surface area (Å²) in [6, 6.07) is 45.6. The topological polar surface area (TPSA) is 121 Å². The van der Waals surface area contributed by atoms with Gasteiger partial charge in [-0.15, -0.1) is 0 Å². The van der Waals surface area contributed by atoms with Gasteiger partial charge in [-0.05, 0) is 92.2 Å². The molecule has 0 spiro atoms. The maximum Gasteiger partial charge on any atom is 0.126 e. The normalized spacial score (nSPS) is 8.87. The molecule has 0 bridgehead atoms. The van der Waals surface area contributed by atoms with Gasteiger partial charge in [0, 0.05) is 6.07 Å². The Morgan fingerprint density at radius 2 is 0.644 bits per heavy atom. The number of halogens is 1. The Morgan fingerprint density at radius 1 is 0.311 bits per heavy atom. The van der Waals surface area contributed by atoms with Crippen LogP contribution in [0.1, 0.15) is 11.1 Å². The maximum atomic E-state index is 12.0. The van der Waals surface area contributed by atoms with Crippen LogP contribution in [0.3, 0.4) is 0 Å². The van der Waals surface area contributed by atoms with E-state index in [4.69, 9.17) is 30.6 Å². The van der Waals surface area contributed by atoms with Gasteiger partial charge in [-0.2, -0.15) is 0 Å². The summed E-state index contributed by atoms with van der Waals surface area (Å²) in [5.74, 6) is 1.18. The first-order valence-electron chi connectivity index (χ1n) is 13.7. The van der Waals surface area contributed by atoms with E-state index in [0.717, 1.165) is 11.6 Å². The summed E-state index contributed by atoms with van der Waals surface area (Å²) in [5.41, 5.74) is 2.26. The van der Waals surface area contributed by atoms with Gasteiger partial charge in [0.1, 0.15) is 40.3 Å². The number of aryl methyl sites for hydroxylation is 2. The smallest absolute Gasteiger partial charge is 0.126 e. The molecule has 0 aliphatic heterocycles. The van der Waals surface area contributed by atoms with Crippen LogP contribution in [0, 0.1) is 19.7 Å². The molecule has 234 valence electrons. The Labute approximate surface area is 263 Å². The van der Waals surface area contributed by atoms with E-state index in [-0.39, 0.29) is 5.75 Å². The lowest BCUT2D eigenvalue weighted by Crippen LogP contribution is -1.68. The van der Waals surface area contributed by atoms with Crippen molar-refractivity contribution in [2.24, 2.45) is 0 Å². The van der Waals surface area contributed by atoms with Crippen molar-refractivity contribution in [2.75, 3.05) is 0 Å². The Kier molecular flexibility index (Phi) is 18.6. The number of rotatable bonds is 0. The third-order valence-corrected chi connectivity index (χ3v) is 5.11. The molecule has 0 fully saturated rings. The number of hydrogen-bond donors (Lipinski definition) is 6. The fourth-order valence-corrected chi connectivity index (χ4v) is 2.93. The predicted octanol–water partition coefficient (Wildman–Crippen LogP) is 9.11. The number of aromatic hydroxyl groups is 6. The van der Waals surface area contributed by atoms with Crippen molar-refractivity contribution in [3.8, 4) is 34.5 Å². The number of phenolic OH excluding ortho intramolecular Hbond substituents is 6. The van der Waals surface area contributed by atoms with Gasteiger partial charge in [0.05, 0.1) is 0 Å². The van der Waals surface area contributed by atoms with Crippen LogP contribution in [-0.4, -0.2) is 30.6 Å². The van der Waals surface area contributed by atoms with Gasteiger partial charge in [-0.1, -0.05) is 90.5 Å². The molecule has 7 heteroatoms. The molecule has 6 aromatic rings. The first-order valence-corrected chi connectivity index (χ1v) is 13.7. The molecule has 0 aromatic heterocycles. The molecular weight excluding hydrogens is 571 g/mol. The molecular formula is C38H39FO6. The molecule has 45 heavy (non-hydrogen) atoms. The zero-order valence-corrected chi connectivity index (χ0v) is 25.1. The fraction of sp³-hybridized carbons (Fsp3) is 0.0526. The van der Waals surface area contributed by atoms with E-state index < -0.39 is 5.82 Å². The van der Waals surface area contributed by atoms with Crippen LogP contribution in [0.25, 0.3) is 0 Å². The Bertz CT molecular complexity index is 1380. The van der Waals surface area contributed by atoms with Crippen LogP contribution in [0.15, 0.2) is 164 Å². The molecule has 6 nitrogen and oxygen atoms in total. The Hall–Kier alpha value is -5.95. The highest BCUT2D eigenvalue weighted by atomic mass is 19.1. The van der Waals surface area contributed by atoms with Crippen molar-refractivity contribution < 1.29 is 35.0 Å². The summed E-state index contributed by atoms with van der Waals surface area (Å²) in [5, 5.41) is 52.0. The van der Waals surface area contributed by atoms with Crippen LogP contribution in [0.5, 0.6) is 34.5 Å². The van der Waals surface area contributed by atoms with Gasteiger partial charge in [0.2, 0.25) is 0 Å². The van der Waals surface area contributed by atoms with Crippen LogP contribution in [-0.2, 0) is 0 Å². The average molecular weight is 611 g/mol. The molecule has 0 atom stereocenters. The number of hydrogen-bond acceptors (Lipinski definition) is 6. The fourth-order valence-electron chi connectivity index (χ4n) is 2.93. The molecule has 6 N–H and O–H groups in total. The zero-order valence-electron chi connectivity index (χ0n) is 25.1. The molecule has 0 amide bonds. The standard InChI is InChI=1S/2C7H8O.C6H5FO.3C6H6O/c1-6-2-4-7(8)5-3-6;1-6-3-2-4-7(8)5-6;7-5-2-1-3-6(8)4-5;3*7-6-4-2-1-3-5-6/h2*2-5,8H,1H3;1-4,8H;3*1-5,7H. The molecule has 0 radical (unpaired) electrons. The van der Waals surface area contributed by atoms with Crippen LogP contribution < -0.4 is 0 Å². The average Bonchev–Trinajstić information content (AvgIpc) is 3.01. The van der Waals surface area contributed by atoms with E-state index in [0.29, 0.717) is 28.7 Å². The largest absolute Gasteiger partial charge is 0.508 e. The van der Waals surface area contributed by atoms with Crippen molar-refractivity contribution in [1.82, 2.24) is 0 Å². The number of phenols is 6. The van der Waals surface area contributed by atoms with E-state index in [1.807, 2.05) is 56.3 Å². The second-order valence-corrected chi connectivity index (χ2v) is 9.16. The lowest BCUT2D eigenvalue weighted by atomic mass is 10.2. The summed E-state index contributed by atoms with van der Waals surface area (Å²) in [7, 11) is 0. The van der Waals surface area contributed by atoms with Crippen molar-refractivity contribution in [3.63, 3.8) is 0 Å². The molecule has 0 aliphatic carbocycles. The molecule has 0 unspecified atom stereocenters. The van der Waals surface area contributed by atoms with Crippen LogP contribution in [0.4, 0.5) is 4.39 Å². The predicted molar refractivity (Wildman–Crippen MR) is 178 cm³/mol. The number of benzene rings is 6. The summed E-state index contributed by atoms with van der Waals surface area (Å²) < 4.78 is 12.0. The maximum absolute atomic E-state index is 12.0. The minimum atomic E-state index is -0.412. The number of para-hydroxylation sites is 3. The van der Waals surface area contributed by atoms with Crippen molar-refractivity contribution >= 4 is 0 Å². The summed E-state index contributed by atoms with van der Waals surface area (Å²) >= 11 is 0. The lowest BCUT2D eigenvalue weighted by Gasteiger charge is -1.89. The van der Waals surface area contributed by atoms with Crippen molar-refractivity contribution in [1.29, 1.82) is 0 Å². The SMILES string of the molecule is Cc1ccc(O)cc1.Cc1cccc(O)c1.Oc1cccc(F)c1.Oc1ccccc1.Oc1ccccc1.Oc1ccccc1. The van der Waals surface area contributed by atoms with E-state index in [1.54, 1.807) is 97.1 Å². The molecule has 0 saturated carbocycles. The van der Waals surface area contributed by atoms with E-state index in [2.05, 4.69) is 0 Å². The highest BCUT2D eigenvalue weighted by Gasteiger charge is 1.87. The molecule has 0 aliphatic rings. The first-order chi connectivity index (χ1) is 21.5. The minimum Gasteiger partial charge on any atom is -0.508 e. The molecule has 0 heterocycles. The van der Waals surface area contributed by atoms with Gasteiger partial charge < -0.3 is 30.6 Å². The monoisotopic (exact) mass is 610 g/mol. The molecule has 0 saturated heterocycles. The third-order valence-electron chi connectivity index (χ3n) is 5.11. The Morgan fingerprint density at radius 3 is 0.867 bits per heavy atom. The van der Waals surface area contributed by atoms with Gasteiger partial charge in [-0.3, -0.25) is 0 Å². The molecule has 6 rings (SSSR count). The van der Waals surface area contributed by atoms with Crippen LogP contribution in [0.2, 0.25) is 0 Å². The van der Waals surface area contributed by atoms with E-state index in [1.165, 1.54) is 23.8 Å². The Balaban J connectivity index is 0.000000270. The second-order valence-electron chi connectivity index (χ2n) is 9.16. The van der Waals surface area contributed by atoms with Gasteiger partial charge in [0.25, 0.3) is 0 Å². The third kappa shape index (κ3) is 21.4. The lowest BCUT2D eigenvalue weighted by molar-refractivity contribution is 0.469. The van der Waals surface area contributed by atoms with E-state index >= 15 is 0 Å². The highest BCUT2D eigenvalue weighted by molar-refractivity contribution is 5.26. The van der Waals surface area contributed by atoms with Crippen molar-refractivity contribution in [3.05, 3.63) is 181 Å². The van der Waals surface area contributed by atoms with Gasteiger partial charge in [0.15, 0.2) is 0 Å². The van der Waals surface area contributed by atoms with Crippen LogP contribution >= 0.6 is 0 Å². The van der Waals surface area contributed by atoms with Gasteiger partial charge in [-0.25, -0.2) is 4.39 Å². The zero-order chi connectivity index (χ0) is 33.3. The quantitative estimate of drug-likeness (QED) is 0.102.